The first-order chi connectivity index (χ1) is 57.0. The van der Waals surface area contributed by atoms with Crippen LogP contribution >= 0.6 is 0 Å². The molecule has 25 heteroatoms. The van der Waals surface area contributed by atoms with Crippen LogP contribution in [-0.4, -0.2) is 216 Å². The average molecular weight is 1570 g/mol. The molecule has 15 heterocycles. The van der Waals surface area contributed by atoms with Crippen LogP contribution in [-0.2, 0) is 72.4 Å². The molecule has 9 aromatic heterocycles. The number of hydrogen-bond acceptors (Lipinski definition) is 13. The molecule has 6 amide bonds. The number of ether oxygens (including phenoxy) is 1. The number of pyridine rings is 3. The highest BCUT2D eigenvalue weighted by molar-refractivity contribution is 6.53. The Bertz CT molecular complexity index is 5710. The molecule has 0 spiro atoms. The van der Waals surface area contributed by atoms with Crippen molar-refractivity contribution >= 4 is 136 Å². The highest BCUT2D eigenvalue weighted by Gasteiger charge is 2.41. The lowest BCUT2D eigenvalue weighted by molar-refractivity contribution is -0.121. The first-order valence-electron chi connectivity index (χ1n) is 41.3. The van der Waals surface area contributed by atoms with E-state index in [1.54, 1.807) is 18.6 Å². The van der Waals surface area contributed by atoms with Crippen LogP contribution < -0.4 is 0 Å². The molecule has 6 aliphatic heterocycles. The number of Topliss-reactive ketones (excluding diaryl/α,β-unsaturated/α-hetero) is 6. The van der Waals surface area contributed by atoms with Crippen LogP contribution in [0.2, 0.25) is 0 Å². The molecule has 0 N–H and O–H groups in total. The van der Waals surface area contributed by atoms with Gasteiger partial charge in [0.15, 0.2) is 34.7 Å². The van der Waals surface area contributed by atoms with Gasteiger partial charge in [-0.25, -0.2) is 29.3 Å². The largest absolute Gasteiger partial charge is 0.378 e. The molecule has 0 saturated carbocycles. The number of allylic oxidation sites excluding steroid dienone is 6. The third-order valence-electron chi connectivity index (χ3n) is 24.9. The van der Waals surface area contributed by atoms with E-state index < -0.39 is 0 Å². The van der Waals surface area contributed by atoms with E-state index in [0.717, 1.165) is 153 Å². The molecule has 0 atom stereocenters. The number of hydrogen-bond donors (Lipinski definition) is 0. The molecule has 25 nitrogen and oxygen atoms in total. The zero-order valence-electron chi connectivity index (χ0n) is 66.2. The number of amides is 6. The molecule has 117 heavy (non-hydrogen) atoms. The fourth-order valence-electron chi connectivity index (χ4n) is 19.5. The number of likely N-dealkylation sites (tertiary alicyclic amines) is 2. The molecule has 3 saturated heterocycles. The van der Waals surface area contributed by atoms with Gasteiger partial charge in [-0.1, -0.05) is 53.1 Å². The molecule has 3 aromatic carbocycles. The van der Waals surface area contributed by atoms with E-state index in [2.05, 4.69) is 78.9 Å². The topological polar surface area (TPSA) is 249 Å². The van der Waals surface area contributed by atoms with Gasteiger partial charge < -0.3 is 47.8 Å². The normalized spacial score (nSPS) is 18.4. The van der Waals surface area contributed by atoms with Gasteiger partial charge in [0.1, 0.15) is 16.9 Å². The van der Waals surface area contributed by atoms with Crippen molar-refractivity contribution in [2.45, 2.75) is 117 Å². The van der Waals surface area contributed by atoms with Crippen LogP contribution in [0.1, 0.15) is 125 Å². The predicted molar refractivity (Wildman–Crippen MR) is 445 cm³/mol. The zero-order valence-corrected chi connectivity index (χ0v) is 66.2. The minimum atomic E-state index is -0.180. The molecule has 3 fully saturated rings. The van der Waals surface area contributed by atoms with Crippen LogP contribution in [0, 0.1) is 20.8 Å². The number of carbonyl (C=O) groups excluding carboxylic acids is 9. The van der Waals surface area contributed by atoms with E-state index in [9.17, 15) is 43.2 Å². The molecular formula is C92H91N15O10. The Balaban J connectivity index is 0.000000117. The van der Waals surface area contributed by atoms with Crippen molar-refractivity contribution in [1.29, 1.82) is 0 Å². The van der Waals surface area contributed by atoms with Crippen molar-refractivity contribution in [3.63, 3.8) is 0 Å². The number of imidazole rings is 3. The number of urea groups is 3. The first-order valence-corrected chi connectivity index (χ1v) is 41.3. The molecular weight excluding hydrogens is 1480 g/mol. The van der Waals surface area contributed by atoms with Crippen LogP contribution in [0.15, 0.2) is 147 Å². The first kappa shape index (κ1) is 74.5. The lowest BCUT2D eigenvalue weighted by atomic mass is 9.96. The number of fused-ring (bicyclic) bond motifs is 3. The van der Waals surface area contributed by atoms with Gasteiger partial charge in [-0.2, -0.15) is 0 Å². The van der Waals surface area contributed by atoms with Crippen molar-refractivity contribution < 1.29 is 47.9 Å². The predicted octanol–water partition coefficient (Wildman–Crippen LogP) is 12.4. The molecule has 0 radical (unpaired) electrons. The van der Waals surface area contributed by atoms with Gasteiger partial charge in [-0.15, -0.1) is 0 Å². The quantitative estimate of drug-likeness (QED) is 0.141. The summed E-state index contributed by atoms with van der Waals surface area (Å²) in [5.41, 5.74) is 19.2. The Labute approximate surface area is 674 Å². The van der Waals surface area contributed by atoms with E-state index in [1.165, 1.54) is 24.0 Å². The minimum Gasteiger partial charge on any atom is -0.378 e. The summed E-state index contributed by atoms with van der Waals surface area (Å²) >= 11 is 0. The summed E-state index contributed by atoms with van der Waals surface area (Å²) < 4.78 is 17.6. The third kappa shape index (κ3) is 13.4. The van der Waals surface area contributed by atoms with E-state index in [4.69, 9.17) is 4.74 Å². The number of aryl methyl sites for hydroxylation is 3. The second-order valence-corrected chi connectivity index (χ2v) is 32.5. The summed E-state index contributed by atoms with van der Waals surface area (Å²) in [6.07, 6.45) is 25.2. The van der Waals surface area contributed by atoms with Crippen LogP contribution in [0.4, 0.5) is 14.4 Å². The van der Waals surface area contributed by atoms with Crippen molar-refractivity contribution in [3.05, 3.63) is 214 Å². The van der Waals surface area contributed by atoms with E-state index in [-0.39, 0.29) is 72.1 Å². The third-order valence-corrected chi connectivity index (χ3v) is 24.9. The molecule has 12 aromatic rings. The van der Waals surface area contributed by atoms with E-state index in [1.807, 2.05) is 141 Å². The van der Waals surface area contributed by atoms with Crippen LogP contribution in [0.3, 0.4) is 0 Å². The molecule has 3 aliphatic carbocycles. The molecule has 21 rings (SSSR count). The maximum atomic E-state index is 13.4. The van der Waals surface area contributed by atoms with Gasteiger partial charge in [0, 0.05) is 185 Å². The average Bonchev–Trinajstić information content (AvgIpc) is 1.59. The molecule has 0 bridgehead atoms. The van der Waals surface area contributed by atoms with Gasteiger partial charge in [-0.3, -0.25) is 42.0 Å². The van der Waals surface area contributed by atoms with Crippen LogP contribution in [0.5, 0.6) is 0 Å². The van der Waals surface area contributed by atoms with Gasteiger partial charge >= 0.3 is 18.1 Å². The van der Waals surface area contributed by atoms with E-state index >= 15 is 0 Å². The lowest BCUT2D eigenvalue weighted by Gasteiger charge is -2.34. The smallest absolute Gasteiger partial charge is 0.320 e. The highest BCUT2D eigenvalue weighted by Crippen LogP contribution is 2.45. The maximum Gasteiger partial charge on any atom is 0.320 e. The van der Waals surface area contributed by atoms with Gasteiger partial charge in [-0.05, 0) is 150 Å². The number of nitrogens with zero attached hydrogens (tertiary/aromatic N) is 15. The highest BCUT2D eigenvalue weighted by atomic mass is 16.5. The summed E-state index contributed by atoms with van der Waals surface area (Å²) in [6.45, 7) is 17.5. The monoisotopic (exact) mass is 1570 g/mol. The van der Waals surface area contributed by atoms with Crippen molar-refractivity contribution in [1.82, 2.24) is 71.3 Å². The summed E-state index contributed by atoms with van der Waals surface area (Å²) in [5.74, 6) is -0.989. The molecule has 594 valence electrons. The second-order valence-electron chi connectivity index (χ2n) is 32.5. The number of aromatic nitrogens is 9. The van der Waals surface area contributed by atoms with Crippen molar-refractivity contribution in [2.75, 3.05) is 91.8 Å². The van der Waals surface area contributed by atoms with E-state index in [0.29, 0.717) is 142 Å². The Morgan fingerprint density at radius 3 is 0.932 bits per heavy atom. The van der Waals surface area contributed by atoms with Crippen molar-refractivity contribution in [3.8, 4) is 0 Å². The number of carbonyl (C=O) groups is 9. The van der Waals surface area contributed by atoms with Crippen LogP contribution in [0.25, 0.3) is 83.1 Å². The summed E-state index contributed by atoms with van der Waals surface area (Å²) in [7, 11) is 0. The summed E-state index contributed by atoms with van der Waals surface area (Å²) in [4.78, 5) is 145. The number of piperidine rings is 2. The van der Waals surface area contributed by atoms with Gasteiger partial charge in [0.2, 0.25) is 0 Å². The fourth-order valence-corrected chi connectivity index (χ4v) is 19.5. The number of benzene rings is 3. The number of ketones is 6. The Morgan fingerprint density at radius 2 is 0.615 bits per heavy atom. The fraction of sp³-hybridized carbons (Fsp3) is 0.348. The SMILES string of the molecule is Cc1cc2c3c(c1)c(C1=C(c4cnc5ccccn45)C(=O)CC1=O)cn3CCN(C(=O)N1CCCCC1)CC2.Cc1cc2c3c(c1)c(C1=C(c4cnc5ccccn45)C(=O)CC1=O)cn3CCN(C(=O)N1CCCCC1)CC2.Cc1cc2c3c(c1)c(C1=C(c4cnc5ccccn45)C(=O)CC1=O)cn3CCN(C(=O)N1CCOCC1)CC2. The Kier molecular flexibility index (Phi) is 19.4. The van der Waals surface area contributed by atoms with Crippen molar-refractivity contribution in [2.24, 2.45) is 0 Å². The zero-order chi connectivity index (χ0) is 80.0. The summed E-state index contributed by atoms with van der Waals surface area (Å²) in [6, 6.07) is 30.3. The second kappa shape index (κ2) is 30.5. The number of rotatable bonds is 6. The van der Waals surface area contributed by atoms with Gasteiger partial charge in [0.25, 0.3) is 0 Å². The molecule has 9 aliphatic rings. The minimum absolute atomic E-state index is 0.0483. The lowest BCUT2D eigenvalue weighted by Crippen LogP contribution is -2.49. The van der Waals surface area contributed by atoms with Gasteiger partial charge in [0.05, 0.1) is 101 Å². The number of morpholine rings is 1. The Morgan fingerprint density at radius 1 is 0.325 bits per heavy atom. The standard InChI is InChI=1S/2C31H31N5O3.C30H29N5O4/c2*1-20-15-21-8-12-34(31(39)33-9-4-2-5-10-33)13-14-35-19-23(22(16-20)30(21)35)28-25(37)17-26(38)29(28)24-18-32-27-7-3-6-11-36(24)27;1-19-14-20-5-7-32(30(38)33-10-12-39-13-11-33)8-9-34-18-22(21(15-19)29(20)34)27-24(36)16-25(37)28(27)23-17-31-26-4-2-3-6-35(23)26/h2*3,6-7,11,15-16,18-19H,2,4-5,8-10,12-14,17H2,1H3;2-4,6,14-15,17-18H,5,7-13,16H2,1H3. The summed E-state index contributed by atoms with van der Waals surface area (Å²) in [5, 5.41) is 2.96. The molecule has 0 unspecified atom stereocenters. The maximum absolute atomic E-state index is 13.4. The Hall–Kier alpha value is -12.6.